The van der Waals surface area contributed by atoms with Crippen LogP contribution in [-0.4, -0.2) is 19.5 Å². The Morgan fingerprint density at radius 2 is 2.00 bits per heavy atom. The molecule has 29 heavy (non-hydrogen) atoms. The highest BCUT2D eigenvalue weighted by Crippen LogP contribution is 2.37. The van der Waals surface area contributed by atoms with Gasteiger partial charge in [-0.05, 0) is 36.4 Å². The molecule has 4 aromatic heterocycles. The molecule has 0 aromatic carbocycles. The van der Waals surface area contributed by atoms with E-state index in [2.05, 4.69) is 15.0 Å². The molecular formula is C21H12ClFN4O2. The molecule has 0 bridgehead atoms. The van der Waals surface area contributed by atoms with Crippen molar-refractivity contribution in [3.05, 3.63) is 88.1 Å². The van der Waals surface area contributed by atoms with E-state index in [-0.39, 0.29) is 23.4 Å². The molecule has 1 aliphatic heterocycles. The number of fused-ring (bicyclic) bond motifs is 3. The zero-order valence-electron chi connectivity index (χ0n) is 14.8. The van der Waals surface area contributed by atoms with Crippen LogP contribution in [0.4, 0.5) is 4.39 Å². The van der Waals surface area contributed by atoms with Crippen molar-refractivity contribution in [3.63, 3.8) is 0 Å². The van der Waals surface area contributed by atoms with Gasteiger partial charge in [-0.15, -0.1) is 0 Å². The van der Waals surface area contributed by atoms with Crippen LogP contribution in [0.3, 0.4) is 0 Å². The topological polar surface area (TPSA) is 69.9 Å². The lowest BCUT2D eigenvalue weighted by Crippen LogP contribution is -2.27. The summed E-state index contributed by atoms with van der Waals surface area (Å²) in [5.41, 5.74) is 2.45. The van der Waals surface area contributed by atoms with Gasteiger partial charge in [-0.2, -0.15) is 4.39 Å². The molecule has 6 nitrogen and oxygen atoms in total. The first-order chi connectivity index (χ1) is 14.1. The molecule has 0 unspecified atom stereocenters. The first-order valence-electron chi connectivity index (χ1n) is 8.73. The molecule has 0 saturated heterocycles. The minimum atomic E-state index is -0.669. The minimum Gasteiger partial charge on any atom is -0.485 e. The average Bonchev–Trinajstić information content (AvgIpc) is 2.73. The first kappa shape index (κ1) is 17.5. The summed E-state index contributed by atoms with van der Waals surface area (Å²) in [4.78, 5) is 25.8. The van der Waals surface area contributed by atoms with Crippen molar-refractivity contribution in [2.45, 2.75) is 6.61 Å². The van der Waals surface area contributed by atoms with Crippen LogP contribution in [0.1, 0.15) is 5.69 Å². The Bertz CT molecular complexity index is 1320. The fourth-order valence-corrected chi connectivity index (χ4v) is 3.56. The Hall–Kier alpha value is -3.58. The molecule has 0 atom stereocenters. The fraction of sp³-hybridized carbons (Fsp3) is 0.0476. The van der Waals surface area contributed by atoms with Gasteiger partial charge in [-0.25, -0.2) is 4.98 Å². The van der Waals surface area contributed by atoms with E-state index in [0.29, 0.717) is 33.4 Å². The molecule has 8 heteroatoms. The van der Waals surface area contributed by atoms with Crippen molar-refractivity contribution in [1.29, 1.82) is 0 Å². The van der Waals surface area contributed by atoms with E-state index in [9.17, 15) is 9.18 Å². The van der Waals surface area contributed by atoms with Gasteiger partial charge >= 0.3 is 0 Å². The van der Waals surface area contributed by atoms with Crippen LogP contribution >= 0.6 is 11.6 Å². The predicted octanol–water partition coefficient (Wildman–Crippen LogP) is 4.04. The lowest BCUT2D eigenvalue weighted by molar-refractivity contribution is 0.292. The molecular weight excluding hydrogens is 395 g/mol. The quantitative estimate of drug-likeness (QED) is 0.470. The third-order valence-corrected chi connectivity index (χ3v) is 4.84. The molecule has 0 saturated carbocycles. The van der Waals surface area contributed by atoms with Crippen LogP contribution in [0, 0.1) is 5.95 Å². The lowest BCUT2D eigenvalue weighted by atomic mass is 10.0. The number of nitrogens with zero attached hydrogens (tertiary/aromatic N) is 4. The second-order valence-corrected chi connectivity index (χ2v) is 6.84. The summed E-state index contributed by atoms with van der Waals surface area (Å²) < 4.78 is 21.0. The Balaban J connectivity index is 1.88. The van der Waals surface area contributed by atoms with E-state index in [1.807, 2.05) is 6.07 Å². The van der Waals surface area contributed by atoms with Crippen LogP contribution in [0.15, 0.2) is 65.8 Å². The highest BCUT2D eigenvalue weighted by molar-refractivity contribution is 6.30. The molecule has 142 valence electrons. The molecule has 0 radical (unpaired) electrons. The Labute approximate surface area is 169 Å². The third-order valence-electron chi connectivity index (χ3n) is 4.63. The van der Waals surface area contributed by atoms with Gasteiger partial charge in [0, 0.05) is 18.0 Å². The van der Waals surface area contributed by atoms with Crippen molar-refractivity contribution in [2.75, 3.05) is 0 Å². The van der Waals surface area contributed by atoms with E-state index in [0.717, 1.165) is 0 Å². The van der Waals surface area contributed by atoms with Gasteiger partial charge in [-0.1, -0.05) is 17.7 Å². The largest absolute Gasteiger partial charge is 0.485 e. The maximum absolute atomic E-state index is 13.8. The fourth-order valence-electron chi connectivity index (χ4n) is 3.39. The molecule has 5 rings (SSSR count). The zero-order valence-corrected chi connectivity index (χ0v) is 15.6. The molecule has 0 N–H and O–H groups in total. The van der Waals surface area contributed by atoms with Crippen molar-refractivity contribution >= 4 is 11.6 Å². The molecule has 5 heterocycles. The standard InChI is InChI=1S/C21H12ClFN4O2/c22-12-7-13(10-24-9-12)27-17-11-29-18-4-2-6-25-20(18)15(17)8-14(21(27)28)16-3-1-5-19(23)26-16/h1-10H,11H2. The van der Waals surface area contributed by atoms with Crippen LogP contribution < -0.4 is 10.3 Å². The monoisotopic (exact) mass is 406 g/mol. The number of halogens is 2. The Morgan fingerprint density at radius 1 is 1.10 bits per heavy atom. The van der Waals surface area contributed by atoms with Gasteiger partial charge < -0.3 is 4.74 Å². The number of ether oxygens (including phenoxy) is 1. The molecule has 0 spiro atoms. The summed E-state index contributed by atoms with van der Waals surface area (Å²) in [5, 5.41) is 0.382. The molecule has 4 aromatic rings. The van der Waals surface area contributed by atoms with Crippen LogP contribution in [0.2, 0.25) is 5.02 Å². The van der Waals surface area contributed by atoms with E-state index >= 15 is 0 Å². The number of pyridine rings is 4. The van der Waals surface area contributed by atoms with Gasteiger partial charge in [0.1, 0.15) is 18.1 Å². The van der Waals surface area contributed by atoms with E-state index in [1.165, 1.54) is 29.1 Å². The van der Waals surface area contributed by atoms with Crippen molar-refractivity contribution in [1.82, 2.24) is 19.5 Å². The number of rotatable bonds is 2. The summed E-state index contributed by atoms with van der Waals surface area (Å²) in [6, 6.07) is 11.2. The van der Waals surface area contributed by atoms with E-state index in [4.69, 9.17) is 16.3 Å². The summed E-state index contributed by atoms with van der Waals surface area (Å²) in [5.74, 6) is -0.0648. The van der Waals surface area contributed by atoms with Gasteiger partial charge in [0.05, 0.1) is 33.9 Å². The highest BCUT2D eigenvalue weighted by atomic mass is 35.5. The lowest BCUT2D eigenvalue weighted by Gasteiger charge is -2.24. The minimum absolute atomic E-state index is 0.159. The van der Waals surface area contributed by atoms with Gasteiger partial charge in [0.15, 0.2) is 0 Å². The first-order valence-corrected chi connectivity index (χ1v) is 9.10. The maximum Gasteiger partial charge on any atom is 0.264 e. The second kappa shape index (κ2) is 6.79. The number of aromatic nitrogens is 4. The summed E-state index contributed by atoms with van der Waals surface area (Å²) in [6.45, 7) is 0.159. The number of hydrogen-bond donors (Lipinski definition) is 0. The molecule has 0 aliphatic carbocycles. The second-order valence-electron chi connectivity index (χ2n) is 6.40. The normalized spacial score (nSPS) is 12.1. The molecule has 1 aliphatic rings. The van der Waals surface area contributed by atoms with Crippen molar-refractivity contribution in [2.24, 2.45) is 0 Å². The summed E-state index contributed by atoms with van der Waals surface area (Å²) in [6.07, 6.45) is 4.66. The van der Waals surface area contributed by atoms with Gasteiger partial charge in [-0.3, -0.25) is 19.3 Å². The third kappa shape index (κ3) is 2.96. The zero-order chi connectivity index (χ0) is 20.0. The van der Waals surface area contributed by atoms with Crippen LogP contribution in [-0.2, 0) is 6.61 Å². The molecule has 0 amide bonds. The van der Waals surface area contributed by atoms with Crippen LogP contribution in [0.5, 0.6) is 5.75 Å². The predicted molar refractivity (Wildman–Crippen MR) is 106 cm³/mol. The van der Waals surface area contributed by atoms with Gasteiger partial charge in [0.25, 0.3) is 5.56 Å². The van der Waals surface area contributed by atoms with Gasteiger partial charge in [0.2, 0.25) is 5.95 Å². The maximum atomic E-state index is 13.8. The Kier molecular flexibility index (Phi) is 4.10. The van der Waals surface area contributed by atoms with E-state index in [1.54, 1.807) is 30.5 Å². The smallest absolute Gasteiger partial charge is 0.264 e. The SMILES string of the molecule is O=c1c(-c2cccc(F)n2)cc2c(n1-c1cncc(Cl)c1)COc1cccnc1-2. The summed E-state index contributed by atoms with van der Waals surface area (Å²) in [7, 11) is 0. The Morgan fingerprint density at radius 3 is 2.83 bits per heavy atom. The number of hydrogen-bond acceptors (Lipinski definition) is 5. The van der Waals surface area contributed by atoms with E-state index < -0.39 is 5.95 Å². The highest BCUT2D eigenvalue weighted by Gasteiger charge is 2.25. The summed E-state index contributed by atoms with van der Waals surface area (Å²) >= 11 is 6.11. The molecule has 0 fully saturated rings. The average molecular weight is 407 g/mol. The van der Waals surface area contributed by atoms with Crippen molar-refractivity contribution in [3.8, 4) is 34.0 Å². The van der Waals surface area contributed by atoms with Crippen LogP contribution in [0.25, 0.3) is 28.2 Å². The van der Waals surface area contributed by atoms with Crippen molar-refractivity contribution < 1.29 is 9.13 Å².